The molecule has 4 amide bonds. The summed E-state index contributed by atoms with van der Waals surface area (Å²) >= 11 is 0. The molecule has 2 heterocycles. The number of nitrogens with zero attached hydrogens (tertiary/aromatic N) is 4. The van der Waals surface area contributed by atoms with Crippen molar-refractivity contribution in [2.45, 2.75) is 98.1 Å². The molecule has 1 saturated heterocycles. The number of carbonyl (C=O) groups is 3. The molecule has 15 nitrogen and oxygen atoms in total. The van der Waals surface area contributed by atoms with E-state index in [1.807, 2.05) is 39.3 Å². The number of urea groups is 1. The summed E-state index contributed by atoms with van der Waals surface area (Å²) in [7, 11) is -1.64. The molecule has 0 bridgehead atoms. The summed E-state index contributed by atoms with van der Waals surface area (Å²) in [5.74, 6) is -0.363. The van der Waals surface area contributed by atoms with E-state index in [2.05, 4.69) is 16.7 Å². The third-order valence-corrected chi connectivity index (χ3v) is 9.33. The van der Waals surface area contributed by atoms with E-state index in [1.165, 1.54) is 16.8 Å². The fourth-order valence-electron chi connectivity index (χ4n) is 5.00. The van der Waals surface area contributed by atoms with Gasteiger partial charge in [0.25, 0.3) is 20.1 Å². The first-order chi connectivity index (χ1) is 21.8. The number of benzene rings is 1. The minimum absolute atomic E-state index is 0.0413. The van der Waals surface area contributed by atoms with Crippen molar-refractivity contribution >= 4 is 38.1 Å². The van der Waals surface area contributed by atoms with Gasteiger partial charge in [0.05, 0.1) is 54.2 Å². The predicted octanol–water partition coefficient (Wildman–Crippen LogP) is 4.96. The molecule has 46 heavy (non-hydrogen) atoms. The highest BCUT2D eigenvalue weighted by molar-refractivity contribution is 7.44. The van der Waals surface area contributed by atoms with Crippen LogP contribution in [-0.4, -0.2) is 75.5 Å². The van der Waals surface area contributed by atoms with Crippen LogP contribution in [0.25, 0.3) is 0 Å². The first kappa shape index (κ1) is 36.5. The van der Waals surface area contributed by atoms with Gasteiger partial charge in [0.2, 0.25) is 0 Å². The van der Waals surface area contributed by atoms with Crippen LogP contribution in [0.15, 0.2) is 30.0 Å². The summed E-state index contributed by atoms with van der Waals surface area (Å²) < 4.78 is 27.2. The number of ether oxygens (including phenoxy) is 2. The molecule has 2 aliphatic rings. The highest BCUT2D eigenvalue weighted by Gasteiger charge is 2.42. The van der Waals surface area contributed by atoms with Crippen molar-refractivity contribution in [2.24, 2.45) is 0 Å². The van der Waals surface area contributed by atoms with E-state index in [9.17, 15) is 24.5 Å². The SMILES string of the molecule is CCc1ccc([N+](=O)[O-])c(C(C)OC(=O)N[C@@H]2CC(=[N+]3C=C(C)C(=O)NC3=O)O[C@@H]2COP(OCCC#N)N(C(C)C)C(C)C)c1. The van der Waals surface area contributed by atoms with Gasteiger partial charge in [-0.1, -0.05) is 13.0 Å². The van der Waals surface area contributed by atoms with Crippen LogP contribution in [0.5, 0.6) is 0 Å². The third kappa shape index (κ3) is 9.29. The number of hydrogen-bond acceptors (Lipinski definition) is 11. The van der Waals surface area contributed by atoms with Gasteiger partial charge in [-0.05, 0) is 59.6 Å². The molecular weight excluding hydrogens is 619 g/mol. The lowest BCUT2D eigenvalue weighted by Gasteiger charge is -2.36. The molecule has 0 aromatic heterocycles. The van der Waals surface area contributed by atoms with Gasteiger partial charge in [-0.3, -0.25) is 10.1 Å². The first-order valence-corrected chi connectivity index (χ1v) is 16.2. The normalized spacial score (nSPS) is 21.0. The van der Waals surface area contributed by atoms with Crippen LogP contribution in [0.4, 0.5) is 15.3 Å². The molecule has 2 N–H and O–H groups in total. The van der Waals surface area contributed by atoms with Gasteiger partial charge >= 0.3 is 18.0 Å². The smallest absolute Gasteiger partial charge is 0.457 e. The van der Waals surface area contributed by atoms with Crippen molar-refractivity contribution in [1.82, 2.24) is 15.3 Å². The van der Waals surface area contributed by atoms with Gasteiger partial charge in [0.1, 0.15) is 18.4 Å². The largest absolute Gasteiger partial charge is 0.506 e. The fraction of sp³-hybridized carbons (Fsp3) is 0.567. The lowest BCUT2D eigenvalue weighted by Crippen LogP contribution is -2.43. The molecule has 0 saturated carbocycles. The van der Waals surface area contributed by atoms with E-state index in [1.54, 1.807) is 26.0 Å². The number of amides is 4. The zero-order valence-corrected chi connectivity index (χ0v) is 28.0. The number of nitro groups is 1. The van der Waals surface area contributed by atoms with Crippen molar-refractivity contribution in [3.63, 3.8) is 0 Å². The Labute approximate surface area is 269 Å². The minimum Gasteiger partial charge on any atom is -0.457 e. The molecule has 0 radical (unpaired) electrons. The van der Waals surface area contributed by atoms with Crippen molar-refractivity contribution in [2.75, 3.05) is 13.2 Å². The summed E-state index contributed by atoms with van der Waals surface area (Å²) in [5.41, 5.74) is 1.22. The maximum atomic E-state index is 13.2. The highest BCUT2D eigenvalue weighted by atomic mass is 31.2. The van der Waals surface area contributed by atoms with Crippen LogP contribution in [0.1, 0.15) is 78.5 Å². The zero-order valence-electron chi connectivity index (χ0n) is 27.1. The molecule has 250 valence electrons. The number of carbonyl (C=O) groups excluding carboxylic acids is 3. The van der Waals surface area contributed by atoms with Crippen LogP contribution in [0, 0.1) is 21.4 Å². The Kier molecular flexibility index (Phi) is 13.1. The molecule has 3 rings (SSSR count). The van der Waals surface area contributed by atoms with Gasteiger partial charge in [-0.25, -0.2) is 14.3 Å². The molecule has 2 aliphatic heterocycles. The predicted molar refractivity (Wildman–Crippen MR) is 168 cm³/mol. The Hall–Kier alpha value is -3.96. The summed E-state index contributed by atoms with van der Waals surface area (Å²) in [4.78, 5) is 49.0. The first-order valence-electron chi connectivity index (χ1n) is 15.1. The number of alkyl carbamates (subject to hydrolysis) is 1. The molecule has 0 spiro atoms. The number of nitriles is 1. The number of nitrogens with one attached hydrogen (secondary N) is 2. The third-order valence-electron chi connectivity index (χ3n) is 7.25. The van der Waals surface area contributed by atoms with Gasteiger partial charge in [0, 0.05) is 18.2 Å². The fourth-order valence-corrected chi connectivity index (χ4v) is 6.62. The Morgan fingerprint density at radius 1 is 1.26 bits per heavy atom. The van der Waals surface area contributed by atoms with E-state index in [-0.39, 0.29) is 60.9 Å². The average molecular weight is 662 g/mol. The number of imide groups is 1. The molecule has 0 aliphatic carbocycles. The second kappa shape index (κ2) is 16.6. The quantitative estimate of drug-likeness (QED) is 0.0903. The van der Waals surface area contributed by atoms with Crippen molar-refractivity contribution in [3.05, 3.63) is 51.2 Å². The molecule has 4 atom stereocenters. The monoisotopic (exact) mass is 661 g/mol. The summed E-state index contributed by atoms with van der Waals surface area (Å²) in [5, 5.41) is 25.7. The molecule has 2 unspecified atom stereocenters. The summed E-state index contributed by atoms with van der Waals surface area (Å²) in [6, 6.07) is 5.37. The number of hydrogen-bond donors (Lipinski definition) is 2. The summed E-state index contributed by atoms with van der Waals surface area (Å²) in [6.45, 7) is 13.1. The van der Waals surface area contributed by atoms with Crippen molar-refractivity contribution < 1.29 is 42.4 Å². The Morgan fingerprint density at radius 2 is 1.96 bits per heavy atom. The molecule has 1 aromatic carbocycles. The maximum Gasteiger partial charge on any atom is 0.506 e. The maximum absolute atomic E-state index is 13.2. The Morgan fingerprint density at radius 3 is 2.57 bits per heavy atom. The van der Waals surface area contributed by atoms with Gasteiger partial charge in [0.15, 0.2) is 0 Å². The van der Waals surface area contributed by atoms with E-state index in [0.29, 0.717) is 6.42 Å². The number of nitro benzene ring substituents is 1. The molecule has 16 heteroatoms. The van der Waals surface area contributed by atoms with Crippen LogP contribution in [-0.2, 0) is 29.7 Å². The second-order valence-electron chi connectivity index (χ2n) is 11.3. The number of rotatable bonds is 14. The van der Waals surface area contributed by atoms with E-state index in [0.717, 1.165) is 5.56 Å². The second-order valence-corrected chi connectivity index (χ2v) is 12.8. The summed E-state index contributed by atoms with van der Waals surface area (Å²) in [6.07, 6.45) is -0.419. The molecule has 1 fully saturated rings. The van der Waals surface area contributed by atoms with E-state index >= 15 is 0 Å². The van der Waals surface area contributed by atoms with Crippen LogP contribution >= 0.6 is 8.53 Å². The van der Waals surface area contributed by atoms with Crippen LogP contribution < -0.4 is 10.6 Å². The minimum atomic E-state index is -1.64. The standard InChI is InChI=1S/C30H41N6O9P/c1-8-22-10-11-25(36(40)41)23(14-22)21(7)44-30(39)32-24-15-27(34-16-20(6)28(37)33-29(34)38)45-26(24)17-43-46(42-13-9-12-31)35(18(2)3)19(4)5/h10-11,14,16,18-19,21,24,26H,8-9,13,15,17H2,1-7H3,(H-,32,33,37,38,39)/p+1/t21?,24-,26-,46?/m1/s1. The lowest BCUT2D eigenvalue weighted by atomic mass is 10.0. The van der Waals surface area contributed by atoms with E-state index < -0.39 is 49.7 Å². The van der Waals surface area contributed by atoms with E-state index in [4.69, 9.17) is 23.8 Å². The van der Waals surface area contributed by atoms with Gasteiger partial charge in [-0.15, -0.1) is 4.58 Å². The van der Waals surface area contributed by atoms with Gasteiger partial charge in [-0.2, -0.15) is 15.4 Å². The number of aryl methyl sites for hydroxylation is 1. The van der Waals surface area contributed by atoms with Crippen molar-refractivity contribution in [1.29, 1.82) is 5.26 Å². The average Bonchev–Trinajstić information content (AvgIpc) is 3.38. The highest BCUT2D eigenvalue weighted by Crippen LogP contribution is 2.46. The Balaban J connectivity index is 1.87. The van der Waals surface area contributed by atoms with Crippen LogP contribution in [0.2, 0.25) is 0 Å². The van der Waals surface area contributed by atoms with Gasteiger partial charge < -0.3 is 23.8 Å². The van der Waals surface area contributed by atoms with Crippen LogP contribution in [0.3, 0.4) is 0 Å². The lowest BCUT2D eigenvalue weighted by molar-refractivity contribution is -0.386. The molecule has 1 aromatic rings. The molecular formula is C30H42N6O9P+. The Bertz CT molecular complexity index is 1420. The van der Waals surface area contributed by atoms with Crippen molar-refractivity contribution in [3.8, 4) is 6.07 Å². The topological polar surface area (TPSA) is 185 Å². The zero-order chi connectivity index (χ0) is 34.1.